The van der Waals surface area contributed by atoms with Gasteiger partial charge in [0.25, 0.3) is 0 Å². The third-order valence-corrected chi connectivity index (χ3v) is 5.08. The summed E-state index contributed by atoms with van der Waals surface area (Å²) in [6, 6.07) is 11.5. The Balaban J connectivity index is 0.00000312. The number of nitrogens with two attached hydrogens (primary N) is 1. The summed E-state index contributed by atoms with van der Waals surface area (Å²) in [7, 11) is 0. The van der Waals surface area contributed by atoms with Gasteiger partial charge in [-0.25, -0.2) is 0 Å². The maximum atomic E-state index is 12.0. The van der Waals surface area contributed by atoms with Crippen LogP contribution in [0.1, 0.15) is 63.5 Å². The minimum absolute atomic E-state index is 0. The standard InChI is InChI=1S/C20H33N3O.2ClH/c1-17(18-9-5-4-6-10-18)23-15-12-19(13-16-23)22-20(24)11-7-2-3-8-14-21;;/h4-6,9-10,17,19H,2-3,7-8,11-16,21H2,1H3,(H,22,24);2*1H. The van der Waals surface area contributed by atoms with Crippen molar-refractivity contribution in [3.05, 3.63) is 35.9 Å². The quantitative estimate of drug-likeness (QED) is 0.610. The van der Waals surface area contributed by atoms with Crippen molar-refractivity contribution in [2.75, 3.05) is 19.6 Å². The number of halogens is 2. The lowest BCUT2D eigenvalue weighted by Gasteiger charge is -2.36. The average molecular weight is 404 g/mol. The van der Waals surface area contributed by atoms with Gasteiger partial charge in [0.05, 0.1) is 0 Å². The summed E-state index contributed by atoms with van der Waals surface area (Å²) in [5, 5.41) is 3.22. The maximum Gasteiger partial charge on any atom is 0.220 e. The smallest absolute Gasteiger partial charge is 0.220 e. The van der Waals surface area contributed by atoms with Gasteiger partial charge in [0, 0.05) is 31.6 Å². The van der Waals surface area contributed by atoms with Gasteiger partial charge >= 0.3 is 0 Å². The van der Waals surface area contributed by atoms with Crippen molar-refractivity contribution in [1.82, 2.24) is 10.2 Å². The Morgan fingerprint density at radius 1 is 1.12 bits per heavy atom. The van der Waals surface area contributed by atoms with Gasteiger partial charge in [-0.2, -0.15) is 0 Å². The number of hydrogen-bond acceptors (Lipinski definition) is 3. The molecule has 1 atom stereocenters. The Bertz CT molecular complexity index is 479. The monoisotopic (exact) mass is 403 g/mol. The largest absolute Gasteiger partial charge is 0.353 e. The molecule has 0 bridgehead atoms. The summed E-state index contributed by atoms with van der Waals surface area (Å²) in [6.07, 6.45) is 7.06. The number of likely N-dealkylation sites (tertiary alicyclic amines) is 1. The highest BCUT2D eigenvalue weighted by Crippen LogP contribution is 2.24. The highest BCUT2D eigenvalue weighted by atomic mass is 35.5. The fraction of sp³-hybridized carbons (Fsp3) is 0.650. The number of carbonyl (C=O) groups is 1. The summed E-state index contributed by atoms with van der Waals surface area (Å²) in [5.41, 5.74) is 6.85. The molecule has 1 aromatic rings. The zero-order chi connectivity index (χ0) is 17.2. The van der Waals surface area contributed by atoms with Crippen LogP contribution >= 0.6 is 24.8 Å². The van der Waals surface area contributed by atoms with E-state index in [4.69, 9.17) is 5.73 Å². The lowest BCUT2D eigenvalue weighted by Crippen LogP contribution is -2.45. The number of nitrogens with one attached hydrogen (secondary N) is 1. The van der Waals surface area contributed by atoms with Gasteiger partial charge in [0.1, 0.15) is 0 Å². The Morgan fingerprint density at radius 3 is 2.35 bits per heavy atom. The van der Waals surface area contributed by atoms with Crippen molar-refractivity contribution in [2.24, 2.45) is 5.73 Å². The molecule has 2 rings (SSSR count). The van der Waals surface area contributed by atoms with E-state index >= 15 is 0 Å². The average Bonchev–Trinajstić information content (AvgIpc) is 2.62. The van der Waals surface area contributed by atoms with Crippen molar-refractivity contribution >= 4 is 30.7 Å². The van der Waals surface area contributed by atoms with Crippen LogP contribution in [0.25, 0.3) is 0 Å². The molecular formula is C20H35Cl2N3O. The summed E-state index contributed by atoms with van der Waals surface area (Å²) in [4.78, 5) is 14.6. The van der Waals surface area contributed by atoms with Crippen LogP contribution in [0.15, 0.2) is 30.3 Å². The van der Waals surface area contributed by atoms with Crippen molar-refractivity contribution in [3.8, 4) is 0 Å². The van der Waals surface area contributed by atoms with Crippen LogP contribution in [-0.2, 0) is 4.79 Å². The SMILES string of the molecule is CC(c1ccccc1)N1CCC(NC(=O)CCCCCCN)CC1.Cl.Cl. The van der Waals surface area contributed by atoms with E-state index in [9.17, 15) is 4.79 Å². The molecule has 1 aromatic carbocycles. The van der Waals surface area contributed by atoms with E-state index in [2.05, 4.69) is 47.5 Å². The van der Waals surface area contributed by atoms with Gasteiger partial charge in [-0.1, -0.05) is 43.2 Å². The van der Waals surface area contributed by atoms with Crippen LogP contribution < -0.4 is 11.1 Å². The molecule has 1 saturated heterocycles. The van der Waals surface area contributed by atoms with Crippen molar-refractivity contribution < 1.29 is 4.79 Å². The minimum atomic E-state index is 0. The van der Waals surface area contributed by atoms with Gasteiger partial charge < -0.3 is 11.1 Å². The summed E-state index contributed by atoms with van der Waals surface area (Å²) < 4.78 is 0. The zero-order valence-corrected chi connectivity index (χ0v) is 17.5. The zero-order valence-electron chi connectivity index (χ0n) is 15.9. The predicted octanol–water partition coefficient (Wildman–Crippen LogP) is 4.08. The Labute approximate surface area is 171 Å². The van der Waals surface area contributed by atoms with Gasteiger partial charge in [0.15, 0.2) is 0 Å². The molecule has 6 heteroatoms. The molecule has 0 spiro atoms. The Hall–Kier alpha value is -0.810. The first-order chi connectivity index (χ1) is 11.7. The van der Waals surface area contributed by atoms with Gasteiger partial charge in [-0.05, 0) is 44.7 Å². The first-order valence-electron chi connectivity index (χ1n) is 9.49. The lowest BCUT2D eigenvalue weighted by molar-refractivity contribution is -0.122. The molecule has 150 valence electrons. The van der Waals surface area contributed by atoms with Crippen LogP contribution in [0.5, 0.6) is 0 Å². The number of piperidine rings is 1. The Morgan fingerprint density at radius 2 is 1.73 bits per heavy atom. The van der Waals surface area contributed by atoms with Gasteiger partial charge in [-0.15, -0.1) is 24.8 Å². The number of carbonyl (C=O) groups excluding carboxylic acids is 1. The fourth-order valence-corrected chi connectivity index (χ4v) is 3.46. The third-order valence-electron chi connectivity index (χ3n) is 5.08. The number of nitrogens with zero attached hydrogens (tertiary/aromatic N) is 1. The van der Waals surface area contributed by atoms with E-state index in [1.807, 2.05) is 0 Å². The molecule has 0 saturated carbocycles. The van der Waals surface area contributed by atoms with E-state index < -0.39 is 0 Å². The number of amides is 1. The molecule has 1 aliphatic heterocycles. The second-order valence-electron chi connectivity index (χ2n) is 6.92. The maximum absolute atomic E-state index is 12.0. The van der Waals surface area contributed by atoms with Crippen molar-refractivity contribution in [2.45, 2.75) is 64.0 Å². The molecule has 0 radical (unpaired) electrons. The summed E-state index contributed by atoms with van der Waals surface area (Å²) >= 11 is 0. The molecule has 1 heterocycles. The fourth-order valence-electron chi connectivity index (χ4n) is 3.46. The van der Waals surface area contributed by atoms with Crippen LogP contribution in [0, 0.1) is 0 Å². The first kappa shape index (κ1) is 25.2. The minimum Gasteiger partial charge on any atom is -0.353 e. The van der Waals surface area contributed by atoms with Gasteiger partial charge in [-0.3, -0.25) is 9.69 Å². The topological polar surface area (TPSA) is 58.4 Å². The molecule has 3 N–H and O–H groups in total. The van der Waals surface area contributed by atoms with E-state index in [1.54, 1.807) is 0 Å². The van der Waals surface area contributed by atoms with Crippen LogP contribution in [0.2, 0.25) is 0 Å². The normalized spacial score (nSPS) is 16.2. The van der Waals surface area contributed by atoms with E-state index in [-0.39, 0.29) is 30.7 Å². The van der Waals surface area contributed by atoms with E-state index in [0.717, 1.165) is 58.2 Å². The summed E-state index contributed by atoms with van der Waals surface area (Å²) in [5.74, 6) is 0.220. The van der Waals surface area contributed by atoms with E-state index in [0.29, 0.717) is 18.5 Å². The molecule has 1 aliphatic rings. The third kappa shape index (κ3) is 8.72. The molecule has 4 nitrogen and oxygen atoms in total. The number of hydrogen-bond donors (Lipinski definition) is 2. The van der Waals surface area contributed by atoms with Gasteiger partial charge in [0.2, 0.25) is 5.91 Å². The molecule has 0 aliphatic carbocycles. The first-order valence-corrected chi connectivity index (χ1v) is 9.49. The molecule has 1 unspecified atom stereocenters. The van der Waals surface area contributed by atoms with Crippen LogP contribution in [0.3, 0.4) is 0 Å². The molecule has 0 aromatic heterocycles. The van der Waals surface area contributed by atoms with Crippen molar-refractivity contribution in [3.63, 3.8) is 0 Å². The highest BCUT2D eigenvalue weighted by Gasteiger charge is 2.24. The van der Waals surface area contributed by atoms with Crippen molar-refractivity contribution in [1.29, 1.82) is 0 Å². The molecule has 1 amide bonds. The van der Waals surface area contributed by atoms with Crippen LogP contribution in [-0.4, -0.2) is 36.5 Å². The second-order valence-corrected chi connectivity index (χ2v) is 6.92. The second kappa shape index (κ2) is 14.3. The summed E-state index contributed by atoms with van der Waals surface area (Å²) in [6.45, 7) is 5.14. The lowest BCUT2D eigenvalue weighted by atomic mass is 10.00. The Kier molecular flexibility index (Phi) is 13.8. The molecular weight excluding hydrogens is 369 g/mol. The predicted molar refractivity (Wildman–Crippen MR) is 114 cm³/mol. The van der Waals surface area contributed by atoms with E-state index in [1.165, 1.54) is 5.56 Å². The van der Waals surface area contributed by atoms with Crippen LogP contribution in [0.4, 0.5) is 0 Å². The number of rotatable bonds is 9. The highest BCUT2D eigenvalue weighted by molar-refractivity contribution is 5.85. The number of benzene rings is 1. The molecule has 26 heavy (non-hydrogen) atoms. The number of unbranched alkanes of at least 4 members (excludes halogenated alkanes) is 3. The molecule has 1 fully saturated rings.